The van der Waals surface area contributed by atoms with Crippen molar-refractivity contribution in [2.75, 3.05) is 32.1 Å². The molecular weight excluding hydrogens is 602 g/mol. The Bertz CT molecular complexity index is 1870. The Labute approximate surface area is 280 Å². The highest BCUT2D eigenvalue weighted by Crippen LogP contribution is 2.30. The number of anilines is 1. The molecule has 48 heavy (non-hydrogen) atoms. The van der Waals surface area contributed by atoms with E-state index in [4.69, 9.17) is 9.47 Å². The number of fused-ring (bicyclic) bond motifs is 1. The fourth-order valence-electron chi connectivity index (χ4n) is 5.71. The van der Waals surface area contributed by atoms with Crippen LogP contribution >= 0.6 is 0 Å². The monoisotopic (exact) mass is 641 g/mol. The smallest absolute Gasteiger partial charge is 0.328 e. The number of benzene rings is 4. The van der Waals surface area contributed by atoms with Gasteiger partial charge < -0.3 is 19.7 Å². The Morgan fingerprint density at radius 1 is 0.854 bits per heavy atom. The Balaban J connectivity index is 1.04. The first-order chi connectivity index (χ1) is 23.5. The summed E-state index contributed by atoms with van der Waals surface area (Å²) in [6.07, 6.45) is 3.34. The van der Waals surface area contributed by atoms with E-state index in [-0.39, 0.29) is 11.7 Å². The van der Waals surface area contributed by atoms with Crippen molar-refractivity contribution in [3.05, 3.63) is 138 Å². The number of carbonyl (C=O) groups is 3. The van der Waals surface area contributed by atoms with Gasteiger partial charge in [-0.05, 0) is 67.1 Å². The highest BCUT2D eigenvalue weighted by Gasteiger charge is 2.28. The van der Waals surface area contributed by atoms with Crippen molar-refractivity contribution < 1.29 is 23.9 Å². The second-order valence-electron chi connectivity index (χ2n) is 12.1. The Morgan fingerprint density at radius 2 is 1.58 bits per heavy atom. The van der Waals surface area contributed by atoms with Gasteiger partial charge in [0.05, 0.1) is 19.2 Å². The molecule has 1 aromatic heterocycles. The zero-order valence-corrected chi connectivity index (χ0v) is 27.0. The summed E-state index contributed by atoms with van der Waals surface area (Å²) in [5.74, 6) is 0.661. The van der Waals surface area contributed by atoms with Gasteiger partial charge in [-0.15, -0.1) is 0 Å². The van der Waals surface area contributed by atoms with Crippen LogP contribution in [-0.4, -0.2) is 60.4 Å². The minimum absolute atomic E-state index is 0.0437. The van der Waals surface area contributed by atoms with Crippen LogP contribution in [0.25, 0.3) is 10.9 Å². The van der Waals surface area contributed by atoms with Gasteiger partial charge in [0.2, 0.25) is 0 Å². The first-order valence-corrected chi connectivity index (χ1v) is 16.4. The van der Waals surface area contributed by atoms with Gasteiger partial charge in [0.1, 0.15) is 17.5 Å². The summed E-state index contributed by atoms with van der Waals surface area (Å²) >= 11 is 0. The van der Waals surface area contributed by atoms with Gasteiger partial charge in [0.25, 0.3) is 5.91 Å². The summed E-state index contributed by atoms with van der Waals surface area (Å²) < 4.78 is 11.1. The lowest BCUT2D eigenvalue weighted by Gasteiger charge is -2.22. The van der Waals surface area contributed by atoms with Gasteiger partial charge in [-0.1, -0.05) is 78.9 Å². The first-order valence-electron chi connectivity index (χ1n) is 16.4. The number of pyridine rings is 1. The number of amides is 1. The van der Waals surface area contributed by atoms with E-state index < -0.39 is 12.0 Å². The number of esters is 1. The molecule has 4 aromatic carbocycles. The molecule has 0 unspecified atom stereocenters. The summed E-state index contributed by atoms with van der Waals surface area (Å²) in [5.41, 5.74) is 3.80. The Morgan fingerprint density at radius 3 is 2.35 bits per heavy atom. The van der Waals surface area contributed by atoms with Gasteiger partial charge >= 0.3 is 5.97 Å². The van der Waals surface area contributed by atoms with E-state index in [0.717, 1.165) is 35.9 Å². The van der Waals surface area contributed by atoms with E-state index >= 15 is 0 Å². The van der Waals surface area contributed by atoms with E-state index in [0.29, 0.717) is 60.2 Å². The molecule has 0 spiro atoms. The van der Waals surface area contributed by atoms with Crippen molar-refractivity contribution in [1.82, 2.24) is 9.88 Å². The third kappa shape index (κ3) is 8.25. The molecule has 8 nitrogen and oxygen atoms in total. The normalized spacial score (nSPS) is 13.0. The number of aromatic nitrogens is 1. The van der Waals surface area contributed by atoms with Gasteiger partial charge in [-0.2, -0.15) is 0 Å². The average molecular weight is 642 g/mol. The molecule has 1 aliphatic carbocycles. The van der Waals surface area contributed by atoms with E-state index in [2.05, 4.69) is 10.3 Å². The Kier molecular flexibility index (Phi) is 10.4. The SMILES string of the molecule is COC(=O)[C@H](Cc1ccc(OCCCN(CC2CC2)C(=O)c2ccc3ccccc3n2)cc1)Nc1ccccc1C(=O)c1ccccc1. The maximum atomic E-state index is 13.4. The van der Waals surface area contributed by atoms with Crippen LogP contribution in [0.3, 0.4) is 0 Å². The topological polar surface area (TPSA) is 97.8 Å². The standard InChI is InChI=1S/C40H39N3O5/c1-47-40(46)37(42-35-15-8-6-13-33(35)38(44)31-11-3-2-4-12-31)26-28-18-21-32(22-19-28)48-25-9-24-43(27-29-16-17-29)39(45)36-23-20-30-10-5-7-14-34(30)41-36/h2-8,10-15,18-23,29,37,42H,9,16-17,24-27H2,1H3/t37-/m0/s1. The molecule has 1 saturated carbocycles. The predicted octanol–water partition coefficient (Wildman–Crippen LogP) is 6.98. The summed E-state index contributed by atoms with van der Waals surface area (Å²) in [4.78, 5) is 46.0. The molecule has 0 saturated heterocycles. The largest absolute Gasteiger partial charge is 0.494 e. The molecule has 1 N–H and O–H groups in total. The van der Waals surface area contributed by atoms with Crippen molar-refractivity contribution in [3.8, 4) is 5.75 Å². The van der Waals surface area contributed by atoms with Crippen molar-refractivity contribution in [2.45, 2.75) is 31.7 Å². The summed E-state index contributed by atoms with van der Waals surface area (Å²) in [6.45, 7) is 1.78. The van der Waals surface area contributed by atoms with Gasteiger partial charge in [-0.25, -0.2) is 9.78 Å². The number of methoxy groups -OCH3 is 1. The van der Waals surface area contributed by atoms with Crippen molar-refractivity contribution in [1.29, 1.82) is 0 Å². The fourth-order valence-corrected chi connectivity index (χ4v) is 5.71. The number of hydrogen-bond acceptors (Lipinski definition) is 7. The van der Waals surface area contributed by atoms with E-state index in [1.807, 2.05) is 89.8 Å². The van der Waals surface area contributed by atoms with Crippen LogP contribution in [0, 0.1) is 5.92 Å². The number of carbonyl (C=O) groups excluding carboxylic acids is 3. The highest BCUT2D eigenvalue weighted by atomic mass is 16.5. The number of nitrogens with zero attached hydrogens (tertiary/aromatic N) is 2. The van der Waals surface area contributed by atoms with Gasteiger partial charge in [-0.3, -0.25) is 9.59 Å². The van der Waals surface area contributed by atoms with Crippen LogP contribution in [0.2, 0.25) is 0 Å². The predicted molar refractivity (Wildman–Crippen MR) is 186 cm³/mol. The molecule has 0 bridgehead atoms. The molecule has 1 fully saturated rings. The van der Waals surface area contributed by atoms with Crippen LogP contribution in [0.15, 0.2) is 115 Å². The molecular formula is C40H39N3O5. The molecule has 0 aliphatic heterocycles. The third-order valence-corrected chi connectivity index (χ3v) is 8.51. The van der Waals surface area contributed by atoms with E-state index in [1.54, 1.807) is 30.3 Å². The minimum Gasteiger partial charge on any atom is -0.494 e. The van der Waals surface area contributed by atoms with Crippen LogP contribution in [0.5, 0.6) is 5.75 Å². The molecule has 1 atom stereocenters. The summed E-state index contributed by atoms with van der Waals surface area (Å²) in [6, 6.07) is 34.7. The maximum Gasteiger partial charge on any atom is 0.328 e. The van der Waals surface area contributed by atoms with E-state index in [9.17, 15) is 14.4 Å². The molecule has 0 radical (unpaired) electrons. The molecule has 1 heterocycles. The summed E-state index contributed by atoms with van der Waals surface area (Å²) in [7, 11) is 1.35. The number of hydrogen-bond donors (Lipinski definition) is 1. The number of rotatable bonds is 15. The molecule has 8 heteroatoms. The number of para-hydroxylation sites is 2. The lowest BCUT2D eigenvalue weighted by Crippen LogP contribution is -2.35. The van der Waals surface area contributed by atoms with Crippen LogP contribution in [0.4, 0.5) is 5.69 Å². The van der Waals surface area contributed by atoms with Crippen molar-refractivity contribution >= 4 is 34.3 Å². The second-order valence-corrected chi connectivity index (χ2v) is 12.1. The average Bonchev–Trinajstić information content (AvgIpc) is 3.97. The van der Waals surface area contributed by atoms with Crippen molar-refractivity contribution in [3.63, 3.8) is 0 Å². The molecule has 6 rings (SSSR count). The maximum absolute atomic E-state index is 13.4. The number of ether oxygens (including phenoxy) is 2. The van der Waals surface area contributed by atoms with Gasteiger partial charge in [0, 0.05) is 41.7 Å². The first kappa shape index (κ1) is 32.4. The zero-order valence-electron chi connectivity index (χ0n) is 27.0. The molecule has 1 amide bonds. The van der Waals surface area contributed by atoms with Crippen LogP contribution in [-0.2, 0) is 16.0 Å². The summed E-state index contributed by atoms with van der Waals surface area (Å²) in [5, 5.41) is 4.26. The lowest BCUT2D eigenvalue weighted by atomic mass is 10.00. The molecule has 1 aliphatic rings. The Hall–Kier alpha value is -5.50. The third-order valence-electron chi connectivity index (χ3n) is 8.51. The molecule has 5 aromatic rings. The quantitative estimate of drug-likeness (QED) is 0.0748. The van der Waals surface area contributed by atoms with Gasteiger partial charge in [0.15, 0.2) is 5.78 Å². The van der Waals surface area contributed by atoms with E-state index in [1.165, 1.54) is 7.11 Å². The van der Waals surface area contributed by atoms with Crippen LogP contribution in [0.1, 0.15) is 51.2 Å². The zero-order chi connectivity index (χ0) is 33.3. The molecule has 244 valence electrons. The van der Waals surface area contributed by atoms with Crippen molar-refractivity contribution in [2.24, 2.45) is 5.92 Å². The minimum atomic E-state index is -0.710. The lowest BCUT2D eigenvalue weighted by molar-refractivity contribution is -0.141. The highest BCUT2D eigenvalue weighted by molar-refractivity contribution is 6.12. The number of nitrogens with one attached hydrogen (secondary N) is 1. The van der Waals surface area contributed by atoms with Crippen LogP contribution < -0.4 is 10.1 Å². The number of ketones is 1. The fraction of sp³-hybridized carbons (Fsp3) is 0.250. The second kappa shape index (κ2) is 15.4.